The van der Waals surface area contributed by atoms with Crippen molar-refractivity contribution in [2.75, 3.05) is 13.2 Å². The lowest BCUT2D eigenvalue weighted by Crippen LogP contribution is -2.35. The predicted molar refractivity (Wildman–Crippen MR) is 77.5 cm³/mol. The molecule has 0 aliphatic carbocycles. The van der Waals surface area contributed by atoms with Crippen LogP contribution in [0.15, 0.2) is 4.52 Å². The molecule has 0 aliphatic rings. The van der Waals surface area contributed by atoms with E-state index >= 15 is 0 Å². The Bertz CT molecular complexity index is 432. The van der Waals surface area contributed by atoms with Gasteiger partial charge in [-0.2, -0.15) is 0 Å². The first-order valence-electron chi connectivity index (χ1n) is 7.07. The Balaban J connectivity index is 2.51. The van der Waals surface area contributed by atoms with E-state index in [-0.39, 0.29) is 23.8 Å². The molecule has 0 spiro atoms. The maximum absolute atomic E-state index is 12.0. The number of rotatable bonds is 7. The second-order valence-electron chi connectivity index (χ2n) is 6.26. The standard InChI is InChI=1S/C15H26N2O3/c1-10(14-11(2)17-20-12(14)3)8-13(19)16-9-15(4,5)6-7-18/h10,18H,6-9H2,1-5H3,(H,16,19). The molecule has 1 atom stereocenters. The average molecular weight is 282 g/mol. The lowest BCUT2D eigenvalue weighted by atomic mass is 9.89. The van der Waals surface area contributed by atoms with Crippen LogP contribution in [-0.2, 0) is 4.79 Å². The Morgan fingerprint density at radius 3 is 2.60 bits per heavy atom. The second-order valence-corrected chi connectivity index (χ2v) is 6.26. The third-order valence-corrected chi connectivity index (χ3v) is 3.63. The first-order valence-corrected chi connectivity index (χ1v) is 7.07. The van der Waals surface area contributed by atoms with Crippen molar-refractivity contribution in [1.82, 2.24) is 10.5 Å². The summed E-state index contributed by atoms with van der Waals surface area (Å²) in [5.41, 5.74) is 1.79. The van der Waals surface area contributed by atoms with Crippen molar-refractivity contribution < 1.29 is 14.4 Å². The van der Waals surface area contributed by atoms with E-state index in [9.17, 15) is 4.79 Å². The fourth-order valence-electron chi connectivity index (χ4n) is 2.37. The zero-order chi connectivity index (χ0) is 15.3. The Labute approximate surface area is 120 Å². The van der Waals surface area contributed by atoms with Crippen LogP contribution in [-0.4, -0.2) is 29.3 Å². The van der Waals surface area contributed by atoms with Gasteiger partial charge in [-0.1, -0.05) is 25.9 Å². The molecule has 0 aliphatic heterocycles. The first kappa shape index (κ1) is 16.7. The highest BCUT2D eigenvalue weighted by molar-refractivity contribution is 5.76. The third kappa shape index (κ3) is 4.63. The Morgan fingerprint density at radius 2 is 2.10 bits per heavy atom. The average Bonchev–Trinajstić information content (AvgIpc) is 2.66. The number of aliphatic hydroxyl groups excluding tert-OH is 1. The second kappa shape index (κ2) is 6.88. The summed E-state index contributed by atoms with van der Waals surface area (Å²) in [5.74, 6) is 0.883. The summed E-state index contributed by atoms with van der Waals surface area (Å²) in [6.45, 7) is 10.5. The molecule has 114 valence electrons. The number of aliphatic hydroxyl groups is 1. The van der Waals surface area contributed by atoms with Crippen LogP contribution in [0.2, 0.25) is 0 Å². The van der Waals surface area contributed by atoms with Crippen LogP contribution in [0.25, 0.3) is 0 Å². The highest BCUT2D eigenvalue weighted by atomic mass is 16.5. The van der Waals surface area contributed by atoms with Gasteiger partial charge in [-0.15, -0.1) is 0 Å². The van der Waals surface area contributed by atoms with Gasteiger partial charge in [-0.25, -0.2) is 0 Å². The van der Waals surface area contributed by atoms with E-state index < -0.39 is 0 Å². The topological polar surface area (TPSA) is 75.4 Å². The van der Waals surface area contributed by atoms with Crippen LogP contribution in [0, 0.1) is 19.3 Å². The van der Waals surface area contributed by atoms with E-state index in [0.717, 1.165) is 17.0 Å². The summed E-state index contributed by atoms with van der Waals surface area (Å²) in [4.78, 5) is 12.0. The van der Waals surface area contributed by atoms with Crippen molar-refractivity contribution >= 4 is 5.91 Å². The van der Waals surface area contributed by atoms with E-state index in [1.54, 1.807) is 0 Å². The highest BCUT2D eigenvalue weighted by Crippen LogP contribution is 2.26. The van der Waals surface area contributed by atoms with Crippen LogP contribution in [0.3, 0.4) is 0 Å². The van der Waals surface area contributed by atoms with E-state index in [2.05, 4.69) is 10.5 Å². The number of nitrogens with zero attached hydrogens (tertiary/aromatic N) is 1. The van der Waals surface area contributed by atoms with E-state index in [1.165, 1.54) is 0 Å². The van der Waals surface area contributed by atoms with Gasteiger partial charge in [0.05, 0.1) is 5.69 Å². The maximum atomic E-state index is 12.0. The number of carbonyl (C=O) groups excluding carboxylic acids is 1. The quantitative estimate of drug-likeness (QED) is 0.804. The Morgan fingerprint density at radius 1 is 1.45 bits per heavy atom. The smallest absolute Gasteiger partial charge is 0.220 e. The molecule has 1 amide bonds. The molecule has 0 aromatic carbocycles. The molecular formula is C15H26N2O3. The number of carbonyl (C=O) groups is 1. The zero-order valence-electron chi connectivity index (χ0n) is 13.1. The molecule has 1 unspecified atom stereocenters. The predicted octanol–water partition coefficient (Wildman–Crippen LogP) is 2.31. The monoisotopic (exact) mass is 282 g/mol. The molecule has 1 aromatic rings. The Kier molecular flexibility index (Phi) is 5.74. The summed E-state index contributed by atoms with van der Waals surface area (Å²) in [5, 5.41) is 15.8. The molecule has 5 heteroatoms. The van der Waals surface area contributed by atoms with Crippen molar-refractivity contribution in [1.29, 1.82) is 0 Å². The maximum Gasteiger partial charge on any atom is 0.220 e. The van der Waals surface area contributed by atoms with Gasteiger partial charge in [0.15, 0.2) is 0 Å². The minimum absolute atomic E-state index is 0.0171. The fraction of sp³-hybridized carbons (Fsp3) is 0.733. The van der Waals surface area contributed by atoms with Gasteiger partial charge in [-0.05, 0) is 31.6 Å². The van der Waals surface area contributed by atoms with Crippen LogP contribution in [0.1, 0.15) is 56.5 Å². The number of aromatic nitrogens is 1. The zero-order valence-corrected chi connectivity index (χ0v) is 13.1. The van der Waals surface area contributed by atoms with E-state index in [0.29, 0.717) is 19.4 Å². The molecule has 1 rings (SSSR count). The molecule has 0 saturated heterocycles. The van der Waals surface area contributed by atoms with Crippen molar-refractivity contribution in [2.45, 2.75) is 53.4 Å². The van der Waals surface area contributed by atoms with Crippen LogP contribution < -0.4 is 5.32 Å². The minimum atomic E-state index is -0.0866. The van der Waals surface area contributed by atoms with E-state index in [4.69, 9.17) is 9.63 Å². The normalized spacial score (nSPS) is 13.3. The van der Waals surface area contributed by atoms with Gasteiger partial charge in [-0.3, -0.25) is 4.79 Å². The van der Waals surface area contributed by atoms with Gasteiger partial charge in [0.2, 0.25) is 5.91 Å². The van der Waals surface area contributed by atoms with Gasteiger partial charge in [0, 0.05) is 25.1 Å². The molecule has 0 saturated carbocycles. The number of aryl methyl sites for hydroxylation is 2. The fourth-order valence-corrected chi connectivity index (χ4v) is 2.37. The first-order chi connectivity index (χ1) is 9.26. The molecule has 0 fully saturated rings. The van der Waals surface area contributed by atoms with Crippen LogP contribution in [0.5, 0.6) is 0 Å². The van der Waals surface area contributed by atoms with Gasteiger partial charge in [0.1, 0.15) is 5.76 Å². The third-order valence-electron chi connectivity index (χ3n) is 3.63. The van der Waals surface area contributed by atoms with Crippen LogP contribution >= 0.6 is 0 Å². The van der Waals surface area contributed by atoms with Crippen molar-refractivity contribution in [3.05, 3.63) is 17.0 Å². The molecular weight excluding hydrogens is 256 g/mol. The number of hydrogen-bond acceptors (Lipinski definition) is 4. The van der Waals surface area contributed by atoms with Gasteiger partial charge < -0.3 is 14.9 Å². The summed E-state index contributed by atoms with van der Waals surface area (Å²) in [6, 6.07) is 0. The van der Waals surface area contributed by atoms with Crippen molar-refractivity contribution in [3.8, 4) is 0 Å². The summed E-state index contributed by atoms with van der Waals surface area (Å²) < 4.78 is 5.13. The van der Waals surface area contributed by atoms with Crippen LogP contribution in [0.4, 0.5) is 0 Å². The molecule has 20 heavy (non-hydrogen) atoms. The number of nitrogens with one attached hydrogen (secondary N) is 1. The Hall–Kier alpha value is -1.36. The lowest BCUT2D eigenvalue weighted by Gasteiger charge is -2.24. The molecule has 2 N–H and O–H groups in total. The highest BCUT2D eigenvalue weighted by Gasteiger charge is 2.21. The minimum Gasteiger partial charge on any atom is -0.396 e. The summed E-state index contributed by atoms with van der Waals surface area (Å²) in [6.07, 6.45) is 1.09. The van der Waals surface area contributed by atoms with Crippen molar-refractivity contribution in [3.63, 3.8) is 0 Å². The SMILES string of the molecule is Cc1noc(C)c1C(C)CC(=O)NCC(C)(C)CCO. The molecule has 5 nitrogen and oxygen atoms in total. The lowest BCUT2D eigenvalue weighted by molar-refractivity contribution is -0.121. The molecule has 1 aromatic heterocycles. The summed E-state index contributed by atoms with van der Waals surface area (Å²) in [7, 11) is 0. The molecule has 0 radical (unpaired) electrons. The van der Waals surface area contributed by atoms with E-state index in [1.807, 2.05) is 34.6 Å². The van der Waals surface area contributed by atoms with Crippen molar-refractivity contribution in [2.24, 2.45) is 5.41 Å². The number of hydrogen-bond donors (Lipinski definition) is 2. The largest absolute Gasteiger partial charge is 0.396 e. The van der Waals surface area contributed by atoms with Gasteiger partial charge >= 0.3 is 0 Å². The molecule has 0 bridgehead atoms. The van der Waals surface area contributed by atoms with Gasteiger partial charge in [0.25, 0.3) is 0 Å². The molecule has 1 heterocycles. The summed E-state index contributed by atoms with van der Waals surface area (Å²) >= 11 is 0. The number of amides is 1.